The third-order valence-corrected chi connectivity index (χ3v) is 6.20. The number of fused-ring (bicyclic) bond motifs is 1. The van der Waals surface area contributed by atoms with Crippen molar-refractivity contribution in [2.24, 2.45) is 11.8 Å². The highest BCUT2D eigenvalue weighted by molar-refractivity contribution is 5.97. The fourth-order valence-corrected chi connectivity index (χ4v) is 4.64. The van der Waals surface area contributed by atoms with Crippen LogP contribution in [0.15, 0.2) is 34.6 Å². The van der Waals surface area contributed by atoms with Crippen molar-refractivity contribution in [1.82, 2.24) is 0 Å². The van der Waals surface area contributed by atoms with Gasteiger partial charge in [0.25, 0.3) is 0 Å². The zero-order valence-corrected chi connectivity index (χ0v) is 16.4. The number of carbonyl (C=O) groups is 1. The average molecular weight is 344 g/mol. The number of methoxy groups -OCH3 is 1. The Balaban J connectivity index is 1.79. The number of ether oxygens (including phenoxy) is 2. The highest BCUT2D eigenvalue weighted by Gasteiger charge is 2.50. The van der Waals surface area contributed by atoms with Crippen LogP contribution in [0.25, 0.3) is 0 Å². The predicted octanol–water partition coefficient (Wildman–Crippen LogP) is 5.13. The van der Waals surface area contributed by atoms with Gasteiger partial charge in [0.2, 0.25) is 0 Å². The Morgan fingerprint density at radius 1 is 1.48 bits per heavy atom. The van der Waals surface area contributed by atoms with Crippen molar-refractivity contribution >= 4 is 5.78 Å². The molecule has 0 bridgehead atoms. The minimum absolute atomic E-state index is 0.0513. The number of rotatable bonds is 5. The summed E-state index contributed by atoms with van der Waals surface area (Å²) in [6, 6.07) is 0. The smallest absolute Gasteiger partial charge is 0.162 e. The third kappa shape index (κ3) is 3.48. The highest BCUT2D eigenvalue weighted by atomic mass is 16.5. The summed E-state index contributed by atoms with van der Waals surface area (Å²) >= 11 is 0. The first-order valence-corrected chi connectivity index (χ1v) is 9.67. The van der Waals surface area contributed by atoms with Crippen LogP contribution in [0.5, 0.6) is 0 Å². The Kier molecular flexibility index (Phi) is 5.24. The van der Waals surface area contributed by atoms with E-state index in [0.717, 1.165) is 43.4 Å². The summed E-state index contributed by atoms with van der Waals surface area (Å²) in [5.41, 5.74) is 3.55. The summed E-state index contributed by atoms with van der Waals surface area (Å²) in [6.45, 7) is 8.83. The van der Waals surface area contributed by atoms with Crippen molar-refractivity contribution < 1.29 is 14.3 Å². The second-order valence-corrected chi connectivity index (χ2v) is 8.37. The molecule has 3 rings (SSSR count). The van der Waals surface area contributed by atoms with Crippen LogP contribution in [-0.4, -0.2) is 24.6 Å². The molecule has 0 N–H and O–H groups in total. The molecule has 0 radical (unpaired) electrons. The minimum Gasteiger partial charge on any atom is -0.488 e. The lowest BCUT2D eigenvalue weighted by Crippen LogP contribution is -2.44. The first-order chi connectivity index (χ1) is 11.9. The second-order valence-electron chi connectivity index (χ2n) is 8.37. The second kappa shape index (κ2) is 7.11. The summed E-state index contributed by atoms with van der Waals surface area (Å²) < 4.78 is 12.1. The van der Waals surface area contributed by atoms with Crippen LogP contribution in [0.3, 0.4) is 0 Å². The Hall–Kier alpha value is -1.35. The molecule has 0 fully saturated rings. The van der Waals surface area contributed by atoms with Crippen LogP contribution < -0.4 is 0 Å². The normalized spacial score (nSPS) is 32.5. The predicted molar refractivity (Wildman–Crippen MR) is 100 cm³/mol. The van der Waals surface area contributed by atoms with Crippen molar-refractivity contribution in [3.8, 4) is 0 Å². The number of ketones is 1. The van der Waals surface area contributed by atoms with E-state index in [2.05, 4.69) is 39.8 Å². The van der Waals surface area contributed by atoms with Crippen LogP contribution >= 0.6 is 0 Å². The molecule has 0 aromatic rings. The standard InChI is InChI=1S/C22H32O3/c1-14(2)7-6-8-15(3)16-11-12-22(4)18(16)13-17-19(23)9-10-20(24-5)21(17)25-22/h7,11,15,18,20H,6,8-10,12-13H2,1-5H3. The van der Waals surface area contributed by atoms with Gasteiger partial charge in [-0.2, -0.15) is 0 Å². The third-order valence-electron chi connectivity index (χ3n) is 6.20. The van der Waals surface area contributed by atoms with E-state index in [9.17, 15) is 4.79 Å². The van der Waals surface area contributed by atoms with Crippen molar-refractivity contribution in [3.63, 3.8) is 0 Å². The van der Waals surface area contributed by atoms with Crippen LogP contribution in [0, 0.1) is 11.8 Å². The van der Waals surface area contributed by atoms with Crippen LogP contribution in [0.1, 0.15) is 66.2 Å². The van der Waals surface area contributed by atoms with E-state index in [1.54, 1.807) is 7.11 Å². The molecule has 3 nitrogen and oxygen atoms in total. The topological polar surface area (TPSA) is 35.5 Å². The molecule has 0 aromatic carbocycles. The summed E-state index contributed by atoms with van der Waals surface area (Å²) in [5.74, 6) is 1.94. The lowest BCUT2D eigenvalue weighted by molar-refractivity contribution is -0.122. The van der Waals surface area contributed by atoms with E-state index >= 15 is 0 Å². The van der Waals surface area contributed by atoms with E-state index in [-0.39, 0.29) is 17.5 Å². The molecular weight excluding hydrogens is 312 g/mol. The monoisotopic (exact) mass is 344 g/mol. The van der Waals surface area contributed by atoms with Crippen molar-refractivity contribution in [1.29, 1.82) is 0 Å². The molecule has 4 unspecified atom stereocenters. The van der Waals surface area contributed by atoms with Gasteiger partial charge in [-0.3, -0.25) is 4.79 Å². The van der Waals surface area contributed by atoms with Crippen LogP contribution in [0.4, 0.5) is 0 Å². The van der Waals surface area contributed by atoms with Gasteiger partial charge >= 0.3 is 0 Å². The summed E-state index contributed by atoms with van der Waals surface area (Å²) in [7, 11) is 1.71. The fraction of sp³-hybridized carbons (Fsp3) is 0.682. The van der Waals surface area contributed by atoms with Crippen molar-refractivity contribution in [3.05, 3.63) is 34.6 Å². The molecule has 1 aliphatic heterocycles. The number of hydrogen-bond acceptors (Lipinski definition) is 3. The highest BCUT2D eigenvalue weighted by Crippen LogP contribution is 2.51. The van der Waals surface area contributed by atoms with E-state index in [1.165, 1.54) is 11.1 Å². The van der Waals surface area contributed by atoms with Crippen LogP contribution in [-0.2, 0) is 14.3 Å². The van der Waals surface area contributed by atoms with Gasteiger partial charge in [0.1, 0.15) is 17.5 Å². The molecule has 0 saturated heterocycles. The first-order valence-electron chi connectivity index (χ1n) is 9.67. The van der Waals surface area contributed by atoms with Gasteiger partial charge in [-0.05, 0) is 52.4 Å². The van der Waals surface area contributed by atoms with E-state index in [4.69, 9.17) is 9.47 Å². The fourth-order valence-electron chi connectivity index (χ4n) is 4.64. The van der Waals surface area contributed by atoms with Gasteiger partial charge in [0.05, 0.1) is 0 Å². The molecule has 0 amide bonds. The van der Waals surface area contributed by atoms with Gasteiger partial charge < -0.3 is 9.47 Å². The minimum atomic E-state index is -0.215. The molecule has 25 heavy (non-hydrogen) atoms. The Morgan fingerprint density at radius 3 is 2.92 bits per heavy atom. The van der Waals surface area contributed by atoms with Gasteiger partial charge in [-0.1, -0.05) is 30.2 Å². The van der Waals surface area contributed by atoms with Gasteiger partial charge in [-0.15, -0.1) is 0 Å². The molecule has 3 heteroatoms. The van der Waals surface area contributed by atoms with Crippen molar-refractivity contribution in [2.75, 3.05) is 7.11 Å². The van der Waals surface area contributed by atoms with Gasteiger partial charge in [-0.25, -0.2) is 0 Å². The largest absolute Gasteiger partial charge is 0.488 e. The Bertz CT molecular complexity index is 636. The van der Waals surface area contributed by atoms with Gasteiger partial charge in [0, 0.05) is 31.4 Å². The molecule has 138 valence electrons. The Morgan fingerprint density at radius 2 is 2.24 bits per heavy atom. The molecule has 3 aliphatic rings. The lowest BCUT2D eigenvalue weighted by atomic mass is 9.73. The average Bonchev–Trinajstić information content (AvgIpc) is 2.90. The zero-order chi connectivity index (χ0) is 18.2. The molecular formula is C22H32O3. The maximum absolute atomic E-state index is 12.5. The quantitative estimate of drug-likeness (QED) is 0.649. The molecule has 2 aliphatic carbocycles. The number of carbonyl (C=O) groups excluding carboxylic acids is 1. The number of Topliss-reactive ketones (excluding diaryl/α,β-unsaturated/α-hetero) is 1. The molecule has 0 aromatic heterocycles. The Labute approximate surface area is 152 Å². The molecule has 4 atom stereocenters. The van der Waals surface area contributed by atoms with E-state index in [1.807, 2.05) is 0 Å². The first kappa shape index (κ1) is 18.4. The lowest BCUT2D eigenvalue weighted by Gasteiger charge is -2.44. The van der Waals surface area contributed by atoms with Crippen LogP contribution in [0.2, 0.25) is 0 Å². The maximum atomic E-state index is 12.5. The zero-order valence-electron chi connectivity index (χ0n) is 16.4. The summed E-state index contributed by atoms with van der Waals surface area (Å²) in [5, 5.41) is 0. The maximum Gasteiger partial charge on any atom is 0.162 e. The molecule has 0 spiro atoms. The summed E-state index contributed by atoms with van der Waals surface area (Å²) in [4.78, 5) is 12.5. The van der Waals surface area contributed by atoms with E-state index < -0.39 is 0 Å². The van der Waals surface area contributed by atoms with Crippen molar-refractivity contribution in [2.45, 2.75) is 77.9 Å². The van der Waals surface area contributed by atoms with Gasteiger partial charge in [0.15, 0.2) is 5.78 Å². The molecule has 0 saturated carbocycles. The number of hydrogen-bond donors (Lipinski definition) is 0. The number of allylic oxidation sites excluding steroid dienone is 3. The molecule has 1 heterocycles. The SMILES string of the molecule is COC1CCC(=O)C2=C1OC1(C)CC=C(C(C)CCC=C(C)C)C1C2. The summed E-state index contributed by atoms with van der Waals surface area (Å²) in [6.07, 6.45) is 10.00. The van der Waals surface area contributed by atoms with E-state index in [0.29, 0.717) is 18.3 Å².